The Morgan fingerprint density at radius 1 is 1.21 bits per heavy atom. The Labute approximate surface area is 138 Å². The molecule has 0 fully saturated rings. The zero-order chi connectivity index (χ0) is 17.7. The van der Waals surface area contributed by atoms with Crippen LogP contribution in [0.2, 0.25) is 0 Å². The Balaban J connectivity index is 2.05. The molecule has 2 rings (SSSR count). The van der Waals surface area contributed by atoms with Crippen molar-refractivity contribution in [2.24, 2.45) is 0 Å². The molecule has 1 heterocycles. The molecule has 2 N–H and O–H groups in total. The van der Waals surface area contributed by atoms with Gasteiger partial charge in [0.1, 0.15) is 11.8 Å². The average molecular weight is 352 g/mol. The first kappa shape index (κ1) is 17.5. The summed E-state index contributed by atoms with van der Waals surface area (Å²) in [6.45, 7) is 1.36. The van der Waals surface area contributed by atoms with Crippen molar-refractivity contribution in [3.05, 3.63) is 48.4 Å². The lowest BCUT2D eigenvalue weighted by Gasteiger charge is -2.14. The predicted octanol–water partition coefficient (Wildman–Crippen LogP) is 0.912. The molecule has 0 aliphatic heterocycles. The zero-order valence-electron chi connectivity index (χ0n) is 13.0. The third-order valence-corrected chi connectivity index (χ3v) is 4.42. The summed E-state index contributed by atoms with van der Waals surface area (Å²) in [4.78, 5) is 23.7. The number of ether oxygens (including phenoxy) is 1. The predicted molar refractivity (Wildman–Crippen MR) is 84.0 cm³/mol. The molecule has 0 aliphatic carbocycles. The summed E-state index contributed by atoms with van der Waals surface area (Å²) in [5.41, 5.74) is 0. The number of hydrogen-bond acceptors (Lipinski definition) is 6. The molecule has 2 aromatic rings. The lowest BCUT2D eigenvalue weighted by molar-refractivity contribution is -0.120. The van der Waals surface area contributed by atoms with Gasteiger partial charge in [0.25, 0.3) is 21.8 Å². The molecular formula is C15H16N2O6S. The number of furan rings is 1. The van der Waals surface area contributed by atoms with E-state index in [4.69, 9.17) is 9.15 Å². The number of carbonyl (C=O) groups is 2. The highest BCUT2D eigenvalue weighted by atomic mass is 32.2. The third-order valence-electron chi connectivity index (χ3n) is 3.07. The minimum absolute atomic E-state index is 0.0188. The molecule has 0 saturated heterocycles. The largest absolute Gasteiger partial charge is 0.497 e. The lowest BCUT2D eigenvalue weighted by Crippen LogP contribution is -2.46. The minimum atomic E-state index is -4.08. The van der Waals surface area contributed by atoms with Crippen molar-refractivity contribution in [2.75, 3.05) is 7.11 Å². The summed E-state index contributed by atoms with van der Waals surface area (Å²) in [5, 5.41) is 2.34. The van der Waals surface area contributed by atoms with Crippen LogP contribution in [0.3, 0.4) is 0 Å². The second-order valence-electron chi connectivity index (χ2n) is 4.82. The van der Waals surface area contributed by atoms with Crippen molar-refractivity contribution in [3.8, 4) is 5.75 Å². The van der Waals surface area contributed by atoms with Gasteiger partial charge < -0.3 is 14.5 Å². The SMILES string of the molecule is COc1cccc(S(=O)(=O)NC(=O)[C@@H](C)NC(=O)c2ccco2)c1. The summed E-state index contributed by atoms with van der Waals surface area (Å²) in [5.74, 6) is -1.14. The smallest absolute Gasteiger partial charge is 0.287 e. The Bertz CT molecular complexity index is 829. The van der Waals surface area contributed by atoms with Crippen LogP contribution in [0.5, 0.6) is 5.75 Å². The van der Waals surface area contributed by atoms with Crippen LogP contribution >= 0.6 is 0 Å². The molecular weight excluding hydrogens is 336 g/mol. The zero-order valence-corrected chi connectivity index (χ0v) is 13.8. The van der Waals surface area contributed by atoms with Crippen molar-refractivity contribution < 1.29 is 27.2 Å². The molecule has 128 valence electrons. The van der Waals surface area contributed by atoms with Gasteiger partial charge in [0.05, 0.1) is 18.3 Å². The topological polar surface area (TPSA) is 115 Å². The second-order valence-corrected chi connectivity index (χ2v) is 6.50. The van der Waals surface area contributed by atoms with E-state index in [1.54, 1.807) is 6.07 Å². The molecule has 0 bridgehead atoms. The van der Waals surface area contributed by atoms with Crippen molar-refractivity contribution in [2.45, 2.75) is 17.9 Å². The molecule has 0 unspecified atom stereocenters. The number of rotatable bonds is 6. The van der Waals surface area contributed by atoms with E-state index in [2.05, 4.69) is 5.32 Å². The molecule has 0 aliphatic rings. The standard InChI is InChI=1S/C15H16N2O6S/c1-10(16-15(19)13-7-4-8-23-13)14(18)17-24(20,21)12-6-3-5-11(9-12)22-2/h3-10H,1-2H3,(H,16,19)(H,17,18)/t10-/m1/s1. The van der Waals surface area contributed by atoms with Crippen molar-refractivity contribution >= 4 is 21.8 Å². The Morgan fingerprint density at radius 2 is 1.96 bits per heavy atom. The van der Waals surface area contributed by atoms with Gasteiger partial charge in [0, 0.05) is 6.07 Å². The van der Waals surface area contributed by atoms with E-state index < -0.39 is 27.9 Å². The summed E-state index contributed by atoms with van der Waals surface area (Å²) >= 11 is 0. The van der Waals surface area contributed by atoms with Crippen LogP contribution in [-0.2, 0) is 14.8 Å². The van der Waals surface area contributed by atoms with Gasteiger partial charge in [-0.05, 0) is 31.2 Å². The highest BCUT2D eigenvalue weighted by molar-refractivity contribution is 7.90. The van der Waals surface area contributed by atoms with Crippen LogP contribution in [0, 0.1) is 0 Å². The number of benzene rings is 1. The van der Waals surface area contributed by atoms with Gasteiger partial charge in [-0.2, -0.15) is 0 Å². The fourth-order valence-electron chi connectivity index (χ4n) is 1.79. The molecule has 24 heavy (non-hydrogen) atoms. The van der Waals surface area contributed by atoms with Gasteiger partial charge in [-0.25, -0.2) is 13.1 Å². The monoisotopic (exact) mass is 352 g/mol. The maximum absolute atomic E-state index is 12.2. The lowest BCUT2D eigenvalue weighted by atomic mass is 10.3. The number of hydrogen-bond donors (Lipinski definition) is 2. The van der Waals surface area contributed by atoms with E-state index in [9.17, 15) is 18.0 Å². The Morgan fingerprint density at radius 3 is 2.58 bits per heavy atom. The van der Waals surface area contributed by atoms with Gasteiger partial charge in [-0.3, -0.25) is 9.59 Å². The molecule has 1 atom stereocenters. The maximum atomic E-state index is 12.2. The minimum Gasteiger partial charge on any atom is -0.497 e. The molecule has 8 nitrogen and oxygen atoms in total. The molecule has 1 aromatic carbocycles. The number of amides is 2. The van der Waals surface area contributed by atoms with Gasteiger partial charge >= 0.3 is 0 Å². The molecule has 0 saturated carbocycles. The van der Waals surface area contributed by atoms with E-state index >= 15 is 0 Å². The summed E-state index contributed by atoms with van der Waals surface area (Å²) in [6.07, 6.45) is 1.31. The van der Waals surface area contributed by atoms with E-state index in [-0.39, 0.29) is 10.7 Å². The van der Waals surface area contributed by atoms with Gasteiger partial charge in [0.15, 0.2) is 5.76 Å². The van der Waals surface area contributed by atoms with Crippen LogP contribution in [0.1, 0.15) is 17.5 Å². The van der Waals surface area contributed by atoms with Crippen molar-refractivity contribution in [1.82, 2.24) is 10.0 Å². The van der Waals surface area contributed by atoms with Gasteiger partial charge in [-0.15, -0.1) is 0 Å². The van der Waals surface area contributed by atoms with Crippen LogP contribution in [0.15, 0.2) is 52.0 Å². The van der Waals surface area contributed by atoms with E-state index in [0.29, 0.717) is 5.75 Å². The fraction of sp³-hybridized carbons (Fsp3) is 0.200. The number of nitrogens with one attached hydrogen (secondary N) is 2. The van der Waals surface area contributed by atoms with Crippen LogP contribution in [0.25, 0.3) is 0 Å². The van der Waals surface area contributed by atoms with Crippen LogP contribution < -0.4 is 14.8 Å². The fourth-order valence-corrected chi connectivity index (χ4v) is 2.88. The molecule has 0 radical (unpaired) electrons. The highest BCUT2D eigenvalue weighted by Crippen LogP contribution is 2.16. The molecule has 1 aromatic heterocycles. The number of methoxy groups -OCH3 is 1. The Kier molecular flexibility index (Phi) is 5.24. The second kappa shape index (κ2) is 7.18. The van der Waals surface area contributed by atoms with E-state index in [0.717, 1.165) is 0 Å². The third kappa shape index (κ3) is 4.13. The van der Waals surface area contributed by atoms with Crippen molar-refractivity contribution in [3.63, 3.8) is 0 Å². The average Bonchev–Trinajstić information content (AvgIpc) is 3.09. The molecule has 2 amide bonds. The highest BCUT2D eigenvalue weighted by Gasteiger charge is 2.24. The molecule has 0 spiro atoms. The summed E-state index contributed by atoms with van der Waals surface area (Å²) in [6, 6.07) is 7.53. The maximum Gasteiger partial charge on any atom is 0.287 e. The van der Waals surface area contributed by atoms with Crippen LogP contribution in [-0.4, -0.2) is 33.4 Å². The molecule has 9 heteroatoms. The number of carbonyl (C=O) groups excluding carboxylic acids is 2. The Hall–Kier alpha value is -2.81. The quantitative estimate of drug-likeness (QED) is 0.799. The first-order valence-corrected chi connectivity index (χ1v) is 8.37. The normalized spacial score (nSPS) is 12.2. The summed E-state index contributed by atoms with van der Waals surface area (Å²) < 4.78 is 36.2. The van der Waals surface area contributed by atoms with Gasteiger partial charge in [-0.1, -0.05) is 6.07 Å². The van der Waals surface area contributed by atoms with E-state index in [1.165, 1.54) is 50.6 Å². The summed E-state index contributed by atoms with van der Waals surface area (Å²) in [7, 11) is -2.68. The first-order chi connectivity index (χ1) is 11.3. The first-order valence-electron chi connectivity index (χ1n) is 6.88. The van der Waals surface area contributed by atoms with Crippen LogP contribution in [0.4, 0.5) is 0 Å². The van der Waals surface area contributed by atoms with Gasteiger partial charge in [0.2, 0.25) is 0 Å². The number of sulfonamides is 1. The van der Waals surface area contributed by atoms with Crippen molar-refractivity contribution in [1.29, 1.82) is 0 Å². The van der Waals surface area contributed by atoms with E-state index in [1.807, 2.05) is 4.72 Å².